The van der Waals surface area contributed by atoms with Crippen LogP contribution in [0.2, 0.25) is 0 Å². The molecule has 0 aliphatic carbocycles. The van der Waals surface area contributed by atoms with Gasteiger partial charge in [0.25, 0.3) is 0 Å². The van der Waals surface area contributed by atoms with Crippen LogP contribution in [-0.2, 0) is 11.2 Å². The van der Waals surface area contributed by atoms with Gasteiger partial charge in [0, 0.05) is 11.6 Å². The van der Waals surface area contributed by atoms with Gasteiger partial charge in [-0.15, -0.1) is 11.3 Å². The standard InChI is InChI=1S/C19H26FN3O3S/c1-12(24)2-8-15(21)18(26)23-16(17(25)19-22-10-11-27-19)9-5-13-3-6-14(20)7-4-13/h3-4,6-7,10-12,15-17,24-25H,2,5,8-9,21H2,1H3,(H,23,26)/t12?,15-,16-,17?/m0/s1. The number of aromatic nitrogens is 1. The van der Waals surface area contributed by atoms with E-state index in [1.165, 1.54) is 23.5 Å². The number of hydrogen-bond acceptors (Lipinski definition) is 6. The molecule has 0 aliphatic heterocycles. The predicted octanol–water partition coefficient (Wildman–Crippen LogP) is 1.92. The minimum absolute atomic E-state index is 0.310. The van der Waals surface area contributed by atoms with E-state index in [1.54, 1.807) is 30.6 Å². The number of carbonyl (C=O) groups is 1. The van der Waals surface area contributed by atoms with Crippen molar-refractivity contribution in [3.63, 3.8) is 0 Å². The number of nitrogens with one attached hydrogen (secondary N) is 1. The number of aliphatic hydroxyl groups excluding tert-OH is 2. The molecular formula is C19H26FN3O3S. The van der Waals surface area contributed by atoms with Crippen LogP contribution in [0.1, 0.15) is 42.9 Å². The van der Waals surface area contributed by atoms with Crippen LogP contribution in [0.5, 0.6) is 0 Å². The number of benzene rings is 1. The number of hydrogen-bond donors (Lipinski definition) is 4. The third-order valence-electron chi connectivity index (χ3n) is 4.30. The van der Waals surface area contributed by atoms with Crippen LogP contribution in [0, 0.1) is 5.82 Å². The molecule has 4 atom stereocenters. The van der Waals surface area contributed by atoms with E-state index >= 15 is 0 Å². The molecule has 2 unspecified atom stereocenters. The summed E-state index contributed by atoms with van der Waals surface area (Å²) in [7, 11) is 0. The summed E-state index contributed by atoms with van der Waals surface area (Å²) in [6.07, 6.45) is 1.87. The molecule has 0 saturated carbocycles. The van der Waals surface area contributed by atoms with Crippen molar-refractivity contribution in [1.82, 2.24) is 10.3 Å². The number of rotatable bonds is 10. The van der Waals surface area contributed by atoms with E-state index in [-0.39, 0.29) is 11.7 Å². The first-order valence-corrected chi connectivity index (χ1v) is 9.80. The van der Waals surface area contributed by atoms with Crippen molar-refractivity contribution in [3.8, 4) is 0 Å². The molecule has 0 aliphatic rings. The zero-order chi connectivity index (χ0) is 19.8. The first-order valence-electron chi connectivity index (χ1n) is 8.92. The molecule has 1 aromatic carbocycles. The van der Waals surface area contributed by atoms with Gasteiger partial charge in [0.2, 0.25) is 5.91 Å². The average molecular weight is 396 g/mol. The van der Waals surface area contributed by atoms with Crippen molar-refractivity contribution in [1.29, 1.82) is 0 Å². The van der Waals surface area contributed by atoms with Crippen LogP contribution in [-0.4, -0.2) is 39.3 Å². The van der Waals surface area contributed by atoms with E-state index in [4.69, 9.17) is 5.73 Å². The lowest BCUT2D eigenvalue weighted by atomic mass is 10.00. The number of nitrogens with two attached hydrogens (primary N) is 1. The molecule has 1 amide bonds. The summed E-state index contributed by atoms with van der Waals surface area (Å²) in [6.45, 7) is 1.64. The molecule has 8 heteroatoms. The second kappa shape index (κ2) is 10.5. The van der Waals surface area contributed by atoms with Gasteiger partial charge >= 0.3 is 0 Å². The Morgan fingerprint density at radius 1 is 1.26 bits per heavy atom. The van der Waals surface area contributed by atoms with Crippen LogP contribution in [0.3, 0.4) is 0 Å². The molecule has 0 bridgehead atoms. The Morgan fingerprint density at radius 3 is 2.56 bits per heavy atom. The topological polar surface area (TPSA) is 108 Å². The fraction of sp³-hybridized carbons (Fsp3) is 0.474. The highest BCUT2D eigenvalue weighted by atomic mass is 32.1. The highest BCUT2D eigenvalue weighted by Gasteiger charge is 2.26. The van der Waals surface area contributed by atoms with Crippen molar-refractivity contribution >= 4 is 17.2 Å². The summed E-state index contributed by atoms with van der Waals surface area (Å²) >= 11 is 1.31. The van der Waals surface area contributed by atoms with Gasteiger partial charge in [-0.25, -0.2) is 9.37 Å². The average Bonchev–Trinajstić information content (AvgIpc) is 3.18. The first kappa shape index (κ1) is 21.4. The van der Waals surface area contributed by atoms with Crippen LogP contribution in [0.4, 0.5) is 4.39 Å². The van der Waals surface area contributed by atoms with Gasteiger partial charge in [0.15, 0.2) is 0 Å². The number of aryl methyl sites for hydroxylation is 1. The Morgan fingerprint density at radius 2 is 1.96 bits per heavy atom. The molecule has 0 fully saturated rings. The third-order valence-corrected chi connectivity index (χ3v) is 5.15. The third kappa shape index (κ3) is 6.99. The summed E-state index contributed by atoms with van der Waals surface area (Å²) in [6, 6.07) is 4.78. The first-order chi connectivity index (χ1) is 12.9. The Labute approximate surface area is 162 Å². The molecule has 0 radical (unpaired) electrons. The molecule has 2 aromatic rings. The summed E-state index contributed by atoms with van der Waals surface area (Å²) in [5, 5.41) is 25.1. The molecule has 6 nitrogen and oxygen atoms in total. The molecule has 0 saturated heterocycles. The predicted molar refractivity (Wildman–Crippen MR) is 103 cm³/mol. The molecule has 27 heavy (non-hydrogen) atoms. The lowest BCUT2D eigenvalue weighted by Crippen LogP contribution is -2.47. The van der Waals surface area contributed by atoms with Crippen molar-refractivity contribution in [2.75, 3.05) is 0 Å². The summed E-state index contributed by atoms with van der Waals surface area (Å²) in [5.41, 5.74) is 6.80. The molecular weight excluding hydrogens is 369 g/mol. The summed E-state index contributed by atoms with van der Waals surface area (Å²) in [5.74, 6) is -0.689. The highest BCUT2D eigenvalue weighted by Crippen LogP contribution is 2.22. The number of nitrogens with zero attached hydrogens (tertiary/aromatic N) is 1. The van der Waals surface area contributed by atoms with E-state index in [0.717, 1.165) is 5.56 Å². The molecule has 5 N–H and O–H groups in total. The molecule has 1 aromatic heterocycles. The Hall–Kier alpha value is -1.87. The highest BCUT2D eigenvalue weighted by molar-refractivity contribution is 7.09. The molecule has 2 rings (SSSR count). The summed E-state index contributed by atoms with van der Waals surface area (Å²) in [4.78, 5) is 16.5. The maximum atomic E-state index is 13.1. The monoisotopic (exact) mass is 395 g/mol. The number of halogens is 1. The van der Waals surface area contributed by atoms with Gasteiger partial charge in [0.05, 0.1) is 18.2 Å². The minimum atomic E-state index is -0.960. The van der Waals surface area contributed by atoms with E-state index in [9.17, 15) is 19.4 Å². The van der Waals surface area contributed by atoms with Gasteiger partial charge < -0.3 is 21.3 Å². The van der Waals surface area contributed by atoms with Crippen LogP contribution >= 0.6 is 11.3 Å². The SMILES string of the molecule is CC(O)CC[C@H](N)C(=O)N[C@@H](CCc1ccc(F)cc1)C(O)c1nccs1. The van der Waals surface area contributed by atoms with Crippen LogP contribution < -0.4 is 11.1 Å². The molecule has 0 spiro atoms. The quantitative estimate of drug-likeness (QED) is 0.492. The maximum Gasteiger partial charge on any atom is 0.237 e. The second-order valence-corrected chi connectivity index (χ2v) is 7.55. The van der Waals surface area contributed by atoms with Gasteiger partial charge in [0.1, 0.15) is 16.9 Å². The lowest BCUT2D eigenvalue weighted by Gasteiger charge is -2.25. The number of carbonyl (C=O) groups excluding carboxylic acids is 1. The van der Waals surface area contributed by atoms with E-state index in [0.29, 0.717) is 30.7 Å². The largest absolute Gasteiger partial charge is 0.393 e. The Kier molecular flexibility index (Phi) is 8.30. The maximum absolute atomic E-state index is 13.1. The lowest BCUT2D eigenvalue weighted by molar-refractivity contribution is -0.124. The second-order valence-electron chi connectivity index (χ2n) is 6.63. The fourth-order valence-electron chi connectivity index (χ4n) is 2.68. The minimum Gasteiger partial charge on any atom is -0.393 e. The van der Waals surface area contributed by atoms with Gasteiger partial charge in [-0.1, -0.05) is 12.1 Å². The number of amides is 1. The molecule has 1 heterocycles. The van der Waals surface area contributed by atoms with E-state index < -0.39 is 24.3 Å². The Balaban J connectivity index is 2.02. The van der Waals surface area contributed by atoms with E-state index in [2.05, 4.69) is 10.3 Å². The fourth-order valence-corrected chi connectivity index (χ4v) is 3.36. The summed E-state index contributed by atoms with van der Waals surface area (Å²) < 4.78 is 13.1. The van der Waals surface area contributed by atoms with E-state index in [1.807, 2.05) is 0 Å². The molecule has 148 valence electrons. The van der Waals surface area contributed by atoms with Gasteiger partial charge in [-0.3, -0.25) is 4.79 Å². The number of aliphatic hydroxyl groups is 2. The van der Waals surface area contributed by atoms with Gasteiger partial charge in [-0.2, -0.15) is 0 Å². The van der Waals surface area contributed by atoms with Crippen molar-refractivity contribution < 1.29 is 19.4 Å². The zero-order valence-corrected chi connectivity index (χ0v) is 16.0. The smallest absolute Gasteiger partial charge is 0.237 e. The Bertz CT molecular complexity index is 695. The van der Waals surface area contributed by atoms with Gasteiger partial charge in [-0.05, 0) is 50.3 Å². The van der Waals surface area contributed by atoms with Crippen molar-refractivity contribution in [2.45, 2.75) is 56.9 Å². The normalized spacial score (nSPS) is 15.7. The number of thiazole rings is 1. The van der Waals surface area contributed by atoms with Crippen LogP contribution in [0.15, 0.2) is 35.8 Å². The zero-order valence-electron chi connectivity index (χ0n) is 15.2. The van der Waals surface area contributed by atoms with Crippen LogP contribution in [0.25, 0.3) is 0 Å². The van der Waals surface area contributed by atoms with Crippen molar-refractivity contribution in [2.24, 2.45) is 5.73 Å². The van der Waals surface area contributed by atoms with Crippen molar-refractivity contribution in [3.05, 3.63) is 52.2 Å².